The standard InChI is InChI=1S/C19H34O/c1-3-5-7-9-10-11-12-14-16-18-19(20)17-15-13-8-6-4-2/h1H,4-18H2,2H3. The van der Waals surface area contributed by atoms with Gasteiger partial charge in [-0.2, -0.15) is 0 Å². The van der Waals surface area contributed by atoms with Gasteiger partial charge in [-0.3, -0.25) is 4.79 Å². The Morgan fingerprint density at radius 2 is 1.20 bits per heavy atom. The van der Waals surface area contributed by atoms with E-state index in [1.807, 2.05) is 0 Å². The van der Waals surface area contributed by atoms with E-state index in [0.717, 1.165) is 32.1 Å². The molecule has 0 aromatic heterocycles. The molecule has 0 saturated carbocycles. The topological polar surface area (TPSA) is 17.1 Å². The third-order valence-corrected chi connectivity index (χ3v) is 3.84. The molecule has 0 aromatic carbocycles. The van der Waals surface area contributed by atoms with Crippen LogP contribution in [0.5, 0.6) is 0 Å². The monoisotopic (exact) mass is 278 g/mol. The molecule has 0 bridgehead atoms. The van der Waals surface area contributed by atoms with E-state index in [2.05, 4.69) is 12.8 Å². The van der Waals surface area contributed by atoms with Gasteiger partial charge in [0.1, 0.15) is 5.78 Å². The molecule has 0 aliphatic rings. The van der Waals surface area contributed by atoms with Crippen molar-refractivity contribution in [2.45, 2.75) is 103 Å². The van der Waals surface area contributed by atoms with Crippen LogP contribution in [0.1, 0.15) is 103 Å². The molecule has 0 fully saturated rings. The van der Waals surface area contributed by atoms with Gasteiger partial charge in [0, 0.05) is 19.3 Å². The molecule has 0 rings (SSSR count). The van der Waals surface area contributed by atoms with E-state index < -0.39 is 0 Å². The average molecular weight is 278 g/mol. The fourth-order valence-corrected chi connectivity index (χ4v) is 2.48. The number of ketones is 1. The summed E-state index contributed by atoms with van der Waals surface area (Å²) >= 11 is 0. The maximum Gasteiger partial charge on any atom is 0.132 e. The molecule has 0 atom stereocenters. The Labute approximate surface area is 126 Å². The van der Waals surface area contributed by atoms with Crippen LogP contribution in [0.2, 0.25) is 0 Å². The smallest absolute Gasteiger partial charge is 0.132 e. The Kier molecular flexibility index (Phi) is 15.7. The molecular weight excluding hydrogens is 244 g/mol. The van der Waals surface area contributed by atoms with Gasteiger partial charge in [-0.15, -0.1) is 12.3 Å². The highest BCUT2D eigenvalue weighted by molar-refractivity contribution is 5.78. The number of hydrogen-bond acceptors (Lipinski definition) is 1. The molecule has 0 aliphatic heterocycles. The zero-order valence-electron chi connectivity index (χ0n) is 13.6. The van der Waals surface area contributed by atoms with E-state index in [1.165, 1.54) is 64.2 Å². The van der Waals surface area contributed by atoms with Gasteiger partial charge in [-0.05, 0) is 19.3 Å². The molecule has 1 nitrogen and oxygen atoms in total. The van der Waals surface area contributed by atoms with Crippen molar-refractivity contribution < 1.29 is 4.79 Å². The van der Waals surface area contributed by atoms with Gasteiger partial charge in [-0.25, -0.2) is 0 Å². The summed E-state index contributed by atoms with van der Waals surface area (Å²) in [5.41, 5.74) is 0. The van der Waals surface area contributed by atoms with E-state index in [9.17, 15) is 4.79 Å². The molecule has 0 aliphatic carbocycles. The molecule has 0 heterocycles. The lowest BCUT2D eigenvalue weighted by Gasteiger charge is -2.02. The van der Waals surface area contributed by atoms with Crippen LogP contribution in [0.25, 0.3) is 0 Å². The highest BCUT2D eigenvalue weighted by Crippen LogP contribution is 2.11. The van der Waals surface area contributed by atoms with Crippen LogP contribution in [0, 0.1) is 12.3 Å². The first kappa shape index (κ1) is 19.2. The van der Waals surface area contributed by atoms with E-state index in [4.69, 9.17) is 6.42 Å². The number of rotatable bonds is 15. The fourth-order valence-electron chi connectivity index (χ4n) is 2.48. The first-order valence-electron chi connectivity index (χ1n) is 8.76. The minimum Gasteiger partial charge on any atom is -0.300 e. The second-order valence-electron chi connectivity index (χ2n) is 5.88. The Bertz CT molecular complexity index is 249. The summed E-state index contributed by atoms with van der Waals surface area (Å²) < 4.78 is 0. The van der Waals surface area contributed by atoms with Gasteiger partial charge < -0.3 is 0 Å². The van der Waals surface area contributed by atoms with Crippen LogP contribution in [0.15, 0.2) is 0 Å². The SMILES string of the molecule is C#CCCCCCCCCCC(=O)CCCCCCC. The molecule has 0 saturated heterocycles. The molecule has 1 heteroatoms. The average Bonchev–Trinajstić information content (AvgIpc) is 2.45. The van der Waals surface area contributed by atoms with Crippen molar-refractivity contribution in [3.8, 4) is 12.3 Å². The van der Waals surface area contributed by atoms with Crippen molar-refractivity contribution in [2.75, 3.05) is 0 Å². The molecule has 0 amide bonds. The first-order chi connectivity index (χ1) is 9.81. The normalized spacial score (nSPS) is 10.4. The zero-order chi connectivity index (χ0) is 14.9. The van der Waals surface area contributed by atoms with Crippen LogP contribution < -0.4 is 0 Å². The van der Waals surface area contributed by atoms with E-state index in [1.54, 1.807) is 0 Å². The summed E-state index contributed by atoms with van der Waals surface area (Å²) in [5, 5.41) is 0. The lowest BCUT2D eigenvalue weighted by atomic mass is 10.0. The second-order valence-corrected chi connectivity index (χ2v) is 5.88. The Hall–Kier alpha value is -0.770. The Morgan fingerprint density at radius 3 is 1.70 bits per heavy atom. The highest BCUT2D eigenvalue weighted by atomic mass is 16.1. The first-order valence-corrected chi connectivity index (χ1v) is 8.76. The number of terminal acetylenes is 1. The maximum absolute atomic E-state index is 11.7. The van der Waals surface area contributed by atoms with Crippen LogP contribution in [-0.4, -0.2) is 5.78 Å². The van der Waals surface area contributed by atoms with Gasteiger partial charge in [0.2, 0.25) is 0 Å². The van der Waals surface area contributed by atoms with Gasteiger partial charge in [-0.1, -0.05) is 64.7 Å². The van der Waals surface area contributed by atoms with Crippen molar-refractivity contribution >= 4 is 5.78 Å². The molecular formula is C19H34O. The predicted octanol–water partition coefficient (Wildman–Crippen LogP) is 6.06. The van der Waals surface area contributed by atoms with Gasteiger partial charge in [0.15, 0.2) is 0 Å². The molecule has 0 spiro atoms. The lowest BCUT2D eigenvalue weighted by molar-refractivity contribution is -0.119. The molecule has 0 unspecified atom stereocenters. The van der Waals surface area contributed by atoms with Crippen molar-refractivity contribution in [2.24, 2.45) is 0 Å². The summed E-state index contributed by atoms with van der Waals surface area (Å²) in [6.07, 6.45) is 22.6. The number of Topliss-reactive ketones (excluding diaryl/α,β-unsaturated/α-hetero) is 1. The summed E-state index contributed by atoms with van der Waals surface area (Å²) in [6.45, 7) is 2.22. The summed E-state index contributed by atoms with van der Waals surface area (Å²) in [6, 6.07) is 0. The number of carbonyl (C=O) groups is 1. The number of carbonyl (C=O) groups excluding carboxylic acids is 1. The predicted molar refractivity (Wildman–Crippen MR) is 88.8 cm³/mol. The van der Waals surface area contributed by atoms with Crippen molar-refractivity contribution in [1.82, 2.24) is 0 Å². The number of hydrogen-bond donors (Lipinski definition) is 0. The van der Waals surface area contributed by atoms with Crippen molar-refractivity contribution in [3.63, 3.8) is 0 Å². The molecule has 0 radical (unpaired) electrons. The highest BCUT2D eigenvalue weighted by Gasteiger charge is 2.01. The Morgan fingerprint density at radius 1 is 0.750 bits per heavy atom. The largest absolute Gasteiger partial charge is 0.300 e. The number of unbranched alkanes of at least 4 members (excludes halogenated alkanes) is 11. The van der Waals surface area contributed by atoms with Crippen molar-refractivity contribution in [3.05, 3.63) is 0 Å². The van der Waals surface area contributed by atoms with Crippen LogP contribution in [0.3, 0.4) is 0 Å². The zero-order valence-corrected chi connectivity index (χ0v) is 13.6. The van der Waals surface area contributed by atoms with Crippen LogP contribution in [-0.2, 0) is 4.79 Å². The third kappa shape index (κ3) is 15.3. The Balaban J connectivity index is 3.13. The van der Waals surface area contributed by atoms with Gasteiger partial charge >= 0.3 is 0 Å². The van der Waals surface area contributed by atoms with Gasteiger partial charge in [0.25, 0.3) is 0 Å². The molecule has 20 heavy (non-hydrogen) atoms. The molecule has 116 valence electrons. The van der Waals surface area contributed by atoms with Crippen molar-refractivity contribution in [1.29, 1.82) is 0 Å². The minimum atomic E-state index is 0.482. The maximum atomic E-state index is 11.7. The van der Waals surface area contributed by atoms with E-state index in [0.29, 0.717) is 5.78 Å². The molecule has 0 aromatic rings. The van der Waals surface area contributed by atoms with E-state index >= 15 is 0 Å². The third-order valence-electron chi connectivity index (χ3n) is 3.84. The van der Waals surface area contributed by atoms with Crippen LogP contribution in [0.4, 0.5) is 0 Å². The quantitative estimate of drug-likeness (QED) is 0.263. The minimum absolute atomic E-state index is 0.482. The van der Waals surface area contributed by atoms with E-state index in [-0.39, 0.29) is 0 Å². The fraction of sp³-hybridized carbons (Fsp3) is 0.842. The summed E-state index contributed by atoms with van der Waals surface area (Å²) in [7, 11) is 0. The second kappa shape index (κ2) is 16.3. The van der Waals surface area contributed by atoms with Gasteiger partial charge in [0.05, 0.1) is 0 Å². The molecule has 0 N–H and O–H groups in total. The summed E-state index contributed by atoms with van der Waals surface area (Å²) in [4.78, 5) is 11.7. The lowest BCUT2D eigenvalue weighted by Crippen LogP contribution is -1.97. The summed E-state index contributed by atoms with van der Waals surface area (Å²) in [5.74, 6) is 3.16. The van der Waals surface area contributed by atoms with Crippen LogP contribution >= 0.6 is 0 Å².